The fourth-order valence-electron chi connectivity index (χ4n) is 1.71. The fourth-order valence-corrected chi connectivity index (χ4v) is 1.71. The lowest BCUT2D eigenvalue weighted by Gasteiger charge is -2.19. The molecule has 0 aliphatic heterocycles. The van der Waals surface area contributed by atoms with Crippen molar-refractivity contribution < 1.29 is 4.74 Å². The molecule has 1 unspecified atom stereocenters. The number of hydrogen-bond acceptors (Lipinski definition) is 3. The maximum atomic E-state index is 5.51. The molecule has 1 heterocycles. The molecule has 0 amide bonds. The summed E-state index contributed by atoms with van der Waals surface area (Å²) in [4.78, 5) is 0. The van der Waals surface area contributed by atoms with E-state index in [0.29, 0.717) is 6.61 Å². The SMILES string of the molecule is CCCNC(COCC)c1ccnn1CC. The van der Waals surface area contributed by atoms with Crippen LogP contribution in [0.15, 0.2) is 12.3 Å². The molecule has 0 saturated heterocycles. The van der Waals surface area contributed by atoms with Gasteiger partial charge in [0.05, 0.1) is 18.3 Å². The van der Waals surface area contributed by atoms with Crippen LogP contribution in [0.4, 0.5) is 0 Å². The Bertz CT molecular complexity index is 278. The molecule has 0 fully saturated rings. The molecule has 16 heavy (non-hydrogen) atoms. The highest BCUT2D eigenvalue weighted by molar-refractivity contribution is 5.07. The summed E-state index contributed by atoms with van der Waals surface area (Å²) in [6.45, 7) is 9.67. The summed E-state index contributed by atoms with van der Waals surface area (Å²) in [6, 6.07) is 2.32. The Kier molecular flexibility index (Phi) is 6.11. The van der Waals surface area contributed by atoms with Gasteiger partial charge < -0.3 is 10.1 Å². The monoisotopic (exact) mass is 225 g/mol. The smallest absolute Gasteiger partial charge is 0.0729 e. The summed E-state index contributed by atoms with van der Waals surface area (Å²) in [6.07, 6.45) is 2.98. The normalized spacial score (nSPS) is 12.9. The van der Waals surface area contributed by atoms with Gasteiger partial charge in [0.1, 0.15) is 0 Å². The highest BCUT2D eigenvalue weighted by Gasteiger charge is 2.14. The fraction of sp³-hybridized carbons (Fsp3) is 0.750. The van der Waals surface area contributed by atoms with Gasteiger partial charge in [-0.1, -0.05) is 6.92 Å². The van der Waals surface area contributed by atoms with Gasteiger partial charge in [0.15, 0.2) is 0 Å². The topological polar surface area (TPSA) is 39.1 Å². The van der Waals surface area contributed by atoms with E-state index < -0.39 is 0 Å². The van der Waals surface area contributed by atoms with Crippen molar-refractivity contribution in [1.82, 2.24) is 15.1 Å². The molecule has 92 valence electrons. The van der Waals surface area contributed by atoms with Crippen LogP contribution >= 0.6 is 0 Å². The molecule has 1 N–H and O–H groups in total. The van der Waals surface area contributed by atoms with E-state index in [2.05, 4.69) is 30.3 Å². The Hall–Kier alpha value is -0.870. The van der Waals surface area contributed by atoms with Crippen LogP contribution in [0.5, 0.6) is 0 Å². The average molecular weight is 225 g/mol. The molecule has 0 bridgehead atoms. The average Bonchev–Trinajstić information content (AvgIpc) is 2.77. The summed E-state index contributed by atoms with van der Waals surface area (Å²) >= 11 is 0. The van der Waals surface area contributed by atoms with Crippen molar-refractivity contribution in [3.63, 3.8) is 0 Å². The summed E-state index contributed by atoms with van der Waals surface area (Å²) in [5.74, 6) is 0. The third kappa shape index (κ3) is 3.61. The summed E-state index contributed by atoms with van der Waals surface area (Å²) < 4.78 is 7.53. The quantitative estimate of drug-likeness (QED) is 0.735. The van der Waals surface area contributed by atoms with Gasteiger partial charge in [-0.05, 0) is 32.9 Å². The first-order valence-electron chi connectivity index (χ1n) is 6.16. The van der Waals surface area contributed by atoms with E-state index in [1.807, 2.05) is 17.8 Å². The summed E-state index contributed by atoms with van der Waals surface area (Å²) in [7, 11) is 0. The Morgan fingerprint density at radius 3 is 2.88 bits per heavy atom. The van der Waals surface area contributed by atoms with Gasteiger partial charge in [0.2, 0.25) is 0 Å². The number of aryl methyl sites for hydroxylation is 1. The maximum absolute atomic E-state index is 5.51. The van der Waals surface area contributed by atoms with E-state index >= 15 is 0 Å². The van der Waals surface area contributed by atoms with Crippen molar-refractivity contribution >= 4 is 0 Å². The van der Waals surface area contributed by atoms with Crippen LogP contribution in [0, 0.1) is 0 Å². The second-order valence-electron chi connectivity index (χ2n) is 3.74. The lowest BCUT2D eigenvalue weighted by Crippen LogP contribution is -2.28. The van der Waals surface area contributed by atoms with Crippen molar-refractivity contribution in [1.29, 1.82) is 0 Å². The Balaban J connectivity index is 2.66. The van der Waals surface area contributed by atoms with Gasteiger partial charge in [-0.25, -0.2) is 0 Å². The number of ether oxygens (including phenoxy) is 1. The highest BCUT2D eigenvalue weighted by atomic mass is 16.5. The molecule has 0 spiro atoms. The zero-order chi connectivity index (χ0) is 11.8. The van der Waals surface area contributed by atoms with E-state index in [-0.39, 0.29) is 6.04 Å². The molecular formula is C12H23N3O. The van der Waals surface area contributed by atoms with Crippen molar-refractivity contribution in [3.8, 4) is 0 Å². The molecule has 0 aromatic carbocycles. The Labute approximate surface area is 98.0 Å². The highest BCUT2D eigenvalue weighted by Crippen LogP contribution is 2.13. The molecule has 1 aromatic heterocycles. The van der Waals surface area contributed by atoms with Gasteiger partial charge in [-0.3, -0.25) is 4.68 Å². The first-order chi connectivity index (χ1) is 7.83. The predicted molar refractivity (Wildman–Crippen MR) is 65.4 cm³/mol. The standard InChI is InChI=1S/C12H23N3O/c1-4-8-13-11(10-16-6-3)12-7-9-14-15(12)5-2/h7,9,11,13H,4-6,8,10H2,1-3H3. The second-order valence-corrected chi connectivity index (χ2v) is 3.74. The van der Waals surface area contributed by atoms with E-state index in [1.54, 1.807) is 0 Å². The first kappa shape index (κ1) is 13.2. The van der Waals surface area contributed by atoms with E-state index in [1.165, 1.54) is 5.69 Å². The van der Waals surface area contributed by atoms with Crippen LogP contribution < -0.4 is 5.32 Å². The number of hydrogen-bond donors (Lipinski definition) is 1. The molecule has 0 aliphatic rings. The van der Waals surface area contributed by atoms with Crippen LogP contribution in [-0.2, 0) is 11.3 Å². The van der Waals surface area contributed by atoms with Crippen LogP contribution in [0.2, 0.25) is 0 Å². The van der Waals surface area contributed by atoms with Crippen LogP contribution in [0.3, 0.4) is 0 Å². The van der Waals surface area contributed by atoms with Crippen molar-refractivity contribution in [3.05, 3.63) is 18.0 Å². The van der Waals surface area contributed by atoms with Gasteiger partial charge in [0.25, 0.3) is 0 Å². The molecule has 4 heteroatoms. The zero-order valence-electron chi connectivity index (χ0n) is 10.6. The number of aromatic nitrogens is 2. The van der Waals surface area contributed by atoms with Crippen molar-refractivity contribution in [2.45, 2.75) is 39.8 Å². The second kappa shape index (κ2) is 7.41. The number of rotatable bonds is 8. The van der Waals surface area contributed by atoms with E-state index in [9.17, 15) is 0 Å². The van der Waals surface area contributed by atoms with Gasteiger partial charge in [-0.2, -0.15) is 5.10 Å². The van der Waals surface area contributed by atoms with Crippen LogP contribution in [0.25, 0.3) is 0 Å². The van der Waals surface area contributed by atoms with E-state index in [4.69, 9.17) is 4.74 Å². The molecule has 0 aliphatic carbocycles. The van der Waals surface area contributed by atoms with Crippen LogP contribution in [-0.4, -0.2) is 29.5 Å². The molecule has 1 rings (SSSR count). The summed E-state index contributed by atoms with van der Waals surface area (Å²) in [5, 5.41) is 7.79. The molecule has 0 radical (unpaired) electrons. The minimum Gasteiger partial charge on any atom is -0.380 e. The maximum Gasteiger partial charge on any atom is 0.0729 e. The van der Waals surface area contributed by atoms with Gasteiger partial charge in [0, 0.05) is 19.3 Å². The largest absolute Gasteiger partial charge is 0.380 e. The number of nitrogens with zero attached hydrogens (tertiary/aromatic N) is 2. The first-order valence-corrected chi connectivity index (χ1v) is 6.16. The third-order valence-electron chi connectivity index (χ3n) is 2.54. The lowest BCUT2D eigenvalue weighted by atomic mass is 10.2. The van der Waals surface area contributed by atoms with Gasteiger partial charge >= 0.3 is 0 Å². The van der Waals surface area contributed by atoms with Crippen molar-refractivity contribution in [2.75, 3.05) is 19.8 Å². The molecule has 4 nitrogen and oxygen atoms in total. The molecule has 1 atom stereocenters. The Morgan fingerprint density at radius 1 is 1.44 bits per heavy atom. The van der Waals surface area contributed by atoms with Crippen LogP contribution in [0.1, 0.15) is 38.9 Å². The Morgan fingerprint density at radius 2 is 2.25 bits per heavy atom. The van der Waals surface area contributed by atoms with Crippen molar-refractivity contribution in [2.24, 2.45) is 0 Å². The molecule has 0 saturated carbocycles. The zero-order valence-corrected chi connectivity index (χ0v) is 10.6. The minimum atomic E-state index is 0.252. The van der Waals surface area contributed by atoms with Gasteiger partial charge in [-0.15, -0.1) is 0 Å². The molecular weight excluding hydrogens is 202 g/mol. The van der Waals surface area contributed by atoms with E-state index in [0.717, 1.165) is 26.1 Å². The number of nitrogens with one attached hydrogen (secondary N) is 1. The molecule has 1 aromatic rings. The minimum absolute atomic E-state index is 0.252. The summed E-state index contributed by atoms with van der Waals surface area (Å²) in [5.41, 5.74) is 1.21. The lowest BCUT2D eigenvalue weighted by molar-refractivity contribution is 0.120. The third-order valence-corrected chi connectivity index (χ3v) is 2.54. The predicted octanol–water partition coefficient (Wildman–Crippen LogP) is 1.98.